The number of hydrogen-bond acceptors (Lipinski definition) is 4. The topological polar surface area (TPSA) is 50.8 Å². The average molecular weight is 332 g/mol. The van der Waals surface area contributed by atoms with E-state index in [4.69, 9.17) is 9.47 Å². The minimum Gasteiger partial charge on any atom is -0.450 e. The molecule has 3 rings (SSSR count). The maximum atomic E-state index is 11.7. The van der Waals surface area contributed by atoms with Crippen LogP contribution in [0.15, 0.2) is 30.3 Å². The summed E-state index contributed by atoms with van der Waals surface area (Å²) in [4.78, 5) is 13.6. The molecule has 1 amide bonds. The van der Waals surface area contributed by atoms with Crippen LogP contribution in [0.3, 0.4) is 0 Å². The molecule has 0 aromatic heterocycles. The van der Waals surface area contributed by atoms with E-state index in [1.807, 2.05) is 17.9 Å². The van der Waals surface area contributed by atoms with Crippen molar-refractivity contribution in [3.05, 3.63) is 35.9 Å². The fraction of sp³-hybridized carbons (Fsp3) is 0.632. The van der Waals surface area contributed by atoms with Crippen molar-refractivity contribution >= 4 is 6.09 Å². The van der Waals surface area contributed by atoms with Crippen LogP contribution in [0.1, 0.15) is 37.9 Å². The first-order valence-corrected chi connectivity index (χ1v) is 9.09. The molecule has 2 fully saturated rings. The van der Waals surface area contributed by atoms with Crippen LogP contribution < -0.4 is 5.32 Å². The lowest BCUT2D eigenvalue weighted by Crippen LogP contribution is -2.46. The molecule has 1 aromatic rings. The van der Waals surface area contributed by atoms with Crippen LogP contribution in [0.5, 0.6) is 0 Å². The summed E-state index contributed by atoms with van der Waals surface area (Å²) in [6.07, 6.45) is 3.11. The molecule has 2 saturated heterocycles. The molecule has 1 aromatic carbocycles. The molecule has 5 heteroatoms. The monoisotopic (exact) mass is 332 g/mol. The van der Waals surface area contributed by atoms with Crippen LogP contribution in [-0.4, -0.2) is 49.9 Å². The maximum absolute atomic E-state index is 11.7. The number of rotatable bonds is 5. The number of nitrogens with one attached hydrogen (secondary N) is 1. The lowest BCUT2D eigenvalue weighted by molar-refractivity contribution is 0.0855. The highest BCUT2D eigenvalue weighted by molar-refractivity contribution is 5.67. The Labute approximate surface area is 144 Å². The zero-order chi connectivity index (χ0) is 16.8. The van der Waals surface area contributed by atoms with E-state index >= 15 is 0 Å². The number of carbonyl (C=O) groups excluding carboxylic acids is 1. The Bertz CT molecular complexity index is 515. The van der Waals surface area contributed by atoms with Crippen molar-refractivity contribution in [1.29, 1.82) is 0 Å². The summed E-state index contributed by atoms with van der Waals surface area (Å²) in [5.74, 6) is 0.524. The fourth-order valence-corrected chi connectivity index (χ4v) is 3.65. The smallest absolute Gasteiger partial charge is 0.409 e. The highest BCUT2D eigenvalue weighted by Crippen LogP contribution is 2.34. The number of benzene rings is 1. The molecule has 2 heterocycles. The fourth-order valence-electron chi connectivity index (χ4n) is 3.65. The molecular weight excluding hydrogens is 304 g/mol. The van der Waals surface area contributed by atoms with E-state index in [1.165, 1.54) is 5.56 Å². The van der Waals surface area contributed by atoms with Crippen LogP contribution in [0.25, 0.3) is 0 Å². The zero-order valence-corrected chi connectivity index (χ0v) is 14.4. The Hall–Kier alpha value is -1.59. The van der Waals surface area contributed by atoms with Gasteiger partial charge >= 0.3 is 6.09 Å². The van der Waals surface area contributed by atoms with E-state index in [-0.39, 0.29) is 12.2 Å². The van der Waals surface area contributed by atoms with Gasteiger partial charge in [-0.1, -0.05) is 30.3 Å². The molecule has 24 heavy (non-hydrogen) atoms. The van der Waals surface area contributed by atoms with Gasteiger partial charge in [-0.3, -0.25) is 0 Å². The third-order valence-electron chi connectivity index (χ3n) is 5.03. The van der Waals surface area contributed by atoms with Gasteiger partial charge in [0.25, 0.3) is 0 Å². The van der Waals surface area contributed by atoms with Gasteiger partial charge in [0.2, 0.25) is 0 Å². The van der Waals surface area contributed by atoms with Gasteiger partial charge in [0.1, 0.15) is 0 Å². The average Bonchev–Trinajstić information content (AvgIpc) is 3.10. The Balaban J connectivity index is 1.44. The molecule has 2 atom stereocenters. The summed E-state index contributed by atoms with van der Waals surface area (Å²) < 4.78 is 11.0. The molecule has 0 saturated carbocycles. The first-order valence-electron chi connectivity index (χ1n) is 9.09. The van der Waals surface area contributed by atoms with E-state index < -0.39 is 0 Å². The van der Waals surface area contributed by atoms with Gasteiger partial charge in [-0.15, -0.1) is 0 Å². The molecular formula is C19H28N2O3. The summed E-state index contributed by atoms with van der Waals surface area (Å²) in [6, 6.07) is 11.0. The van der Waals surface area contributed by atoms with E-state index in [9.17, 15) is 4.79 Å². The minimum absolute atomic E-state index is 0.177. The second kappa shape index (κ2) is 8.49. The molecule has 2 unspecified atom stereocenters. The van der Waals surface area contributed by atoms with Gasteiger partial charge < -0.3 is 19.7 Å². The number of ether oxygens (including phenoxy) is 2. The maximum Gasteiger partial charge on any atom is 0.409 e. The van der Waals surface area contributed by atoms with Gasteiger partial charge in [0, 0.05) is 38.2 Å². The first-order chi connectivity index (χ1) is 11.8. The highest BCUT2D eigenvalue weighted by Gasteiger charge is 2.30. The van der Waals surface area contributed by atoms with Crippen LogP contribution in [-0.2, 0) is 9.47 Å². The summed E-state index contributed by atoms with van der Waals surface area (Å²) >= 11 is 0. The summed E-state index contributed by atoms with van der Waals surface area (Å²) in [7, 11) is 0. The van der Waals surface area contributed by atoms with E-state index in [1.54, 1.807) is 0 Å². The SMILES string of the molecule is CCOC(=O)N1CCC(NCC2CCOC2c2ccccc2)CC1. The molecule has 0 bridgehead atoms. The molecule has 1 N–H and O–H groups in total. The van der Waals surface area contributed by atoms with Crippen molar-refractivity contribution in [2.75, 3.05) is 32.8 Å². The molecule has 0 aliphatic carbocycles. The van der Waals surface area contributed by atoms with Crippen LogP contribution in [0.2, 0.25) is 0 Å². The number of nitrogens with zero attached hydrogens (tertiary/aromatic N) is 1. The Kier molecular flexibility index (Phi) is 6.10. The molecule has 5 nitrogen and oxygen atoms in total. The van der Waals surface area contributed by atoms with E-state index in [2.05, 4.69) is 29.6 Å². The largest absolute Gasteiger partial charge is 0.450 e. The lowest BCUT2D eigenvalue weighted by Gasteiger charge is -2.32. The number of hydrogen-bond donors (Lipinski definition) is 1. The number of carbonyl (C=O) groups is 1. The van der Waals surface area contributed by atoms with Crippen molar-refractivity contribution in [2.24, 2.45) is 5.92 Å². The molecule has 132 valence electrons. The van der Waals surface area contributed by atoms with Crippen molar-refractivity contribution in [2.45, 2.75) is 38.3 Å². The van der Waals surface area contributed by atoms with Crippen molar-refractivity contribution in [1.82, 2.24) is 10.2 Å². The summed E-state index contributed by atoms with van der Waals surface area (Å²) in [5, 5.41) is 3.70. The van der Waals surface area contributed by atoms with Crippen LogP contribution in [0, 0.1) is 5.92 Å². The van der Waals surface area contributed by atoms with Crippen LogP contribution in [0.4, 0.5) is 4.79 Å². The standard InChI is InChI=1S/C19H28N2O3/c1-2-23-19(22)21-11-8-17(9-12-21)20-14-16-10-13-24-18(16)15-6-4-3-5-7-15/h3-7,16-18,20H,2,8-14H2,1H3. The quantitative estimate of drug-likeness (QED) is 0.901. The van der Waals surface area contributed by atoms with Gasteiger partial charge in [-0.05, 0) is 31.7 Å². The Morgan fingerprint density at radius 2 is 2.00 bits per heavy atom. The first kappa shape index (κ1) is 17.2. The van der Waals surface area contributed by atoms with Gasteiger partial charge in [0.15, 0.2) is 0 Å². The third-order valence-corrected chi connectivity index (χ3v) is 5.03. The Morgan fingerprint density at radius 3 is 2.71 bits per heavy atom. The predicted molar refractivity (Wildman–Crippen MR) is 92.9 cm³/mol. The van der Waals surface area contributed by atoms with Crippen molar-refractivity contribution < 1.29 is 14.3 Å². The van der Waals surface area contributed by atoms with Gasteiger partial charge in [-0.25, -0.2) is 4.79 Å². The van der Waals surface area contributed by atoms with Crippen molar-refractivity contribution in [3.63, 3.8) is 0 Å². The van der Waals surface area contributed by atoms with Crippen LogP contribution >= 0.6 is 0 Å². The number of piperidine rings is 1. The number of likely N-dealkylation sites (tertiary alicyclic amines) is 1. The van der Waals surface area contributed by atoms with E-state index in [0.29, 0.717) is 18.6 Å². The zero-order valence-electron chi connectivity index (χ0n) is 14.4. The second-order valence-corrected chi connectivity index (χ2v) is 6.62. The van der Waals surface area contributed by atoms with Gasteiger partial charge in [0.05, 0.1) is 12.7 Å². The number of amides is 1. The third kappa shape index (κ3) is 4.28. The summed E-state index contributed by atoms with van der Waals surface area (Å²) in [5.41, 5.74) is 1.28. The predicted octanol–water partition coefficient (Wildman–Crippen LogP) is 2.97. The Morgan fingerprint density at radius 1 is 1.25 bits per heavy atom. The molecule has 2 aliphatic rings. The summed E-state index contributed by atoms with van der Waals surface area (Å²) in [6.45, 7) is 5.66. The molecule has 0 spiro atoms. The molecule has 0 radical (unpaired) electrons. The van der Waals surface area contributed by atoms with Gasteiger partial charge in [-0.2, -0.15) is 0 Å². The van der Waals surface area contributed by atoms with E-state index in [0.717, 1.165) is 45.5 Å². The minimum atomic E-state index is -0.177. The normalized spacial score (nSPS) is 25.0. The molecule has 2 aliphatic heterocycles. The lowest BCUT2D eigenvalue weighted by atomic mass is 9.94. The highest BCUT2D eigenvalue weighted by atomic mass is 16.6. The van der Waals surface area contributed by atoms with Crippen molar-refractivity contribution in [3.8, 4) is 0 Å². The second-order valence-electron chi connectivity index (χ2n) is 6.62.